The molecule has 7 nitrogen and oxygen atoms in total. The molecule has 200 valence electrons. The summed E-state index contributed by atoms with van der Waals surface area (Å²) >= 11 is 0. The van der Waals surface area contributed by atoms with E-state index in [0.29, 0.717) is 19.1 Å². The molecule has 1 heterocycles. The molecule has 0 aliphatic carbocycles. The lowest BCUT2D eigenvalue weighted by molar-refractivity contribution is -0.169. The molecule has 1 aliphatic heterocycles. The van der Waals surface area contributed by atoms with E-state index in [1.165, 1.54) is 77.0 Å². The van der Waals surface area contributed by atoms with E-state index >= 15 is 0 Å². The van der Waals surface area contributed by atoms with Gasteiger partial charge in [-0.2, -0.15) is 0 Å². The molecule has 1 fully saturated rings. The number of amides is 2. The first-order valence-electron chi connectivity index (χ1n) is 13.9. The number of carbonyl (C=O) groups excluding carboxylic acids is 2. The van der Waals surface area contributed by atoms with Gasteiger partial charge in [0.15, 0.2) is 6.29 Å². The lowest BCUT2D eigenvalue weighted by Crippen LogP contribution is -2.47. The SMILES string of the molecule is CCCCCCCCCCCCCCC(C)COCC(COC1CCCCO1)NC(=O)C(N)=O. The molecule has 34 heavy (non-hydrogen) atoms. The number of nitrogens with one attached hydrogen (secondary N) is 1. The van der Waals surface area contributed by atoms with Gasteiger partial charge in [0.1, 0.15) is 0 Å². The molecule has 3 unspecified atom stereocenters. The van der Waals surface area contributed by atoms with Crippen LogP contribution < -0.4 is 11.1 Å². The van der Waals surface area contributed by atoms with Crippen molar-refractivity contribution in [1.82, 2.24) is 5.32 Å². The van der Waals surface area contributed by atoms with E-state index in [-0.39, 0.29) is 19.5 Å². The van der Waals surface area contributed by atoms with E-state index in [2.05, 4.69) is 19.2 Å². The topological polar surface area (TPSA) is 99.9 Å². The summed E-state index contributed by atoms with van der Waals surface area (Å²) in [7, 11) is 0. The molecule has 3 N–H and O–H groups in total. The van der Waals surface area contributed by atoms with Crippen molar-refractivity contribution in [2.24, 2.45) is 11.7 Å². The maximum absolute atomic E-state index is 11.7. The standard InChI is InChI=1S/C27H52N2O5/c1-3-4-5-6-7-8-9-10-11-12-13-14-17-23(2)20-32-21-24(29-27(31)26(28)30)22-34-25-18-15-16-19-33-25/h23-25H,3-22H2,1-2H3,(H2,28,30)(H,29,31). The van der Waals surface area contributed by atoms with E-state index in [1.807, 2.05) is 0 Å². The van der Waals surface area contributed by atoms with Crippen molar-refractivity contribution in [3.05, 3.63) is 0 Å². The van der Waals surface area contributed by atoms with Gasteiger partial charge in [-0.05, 0) is 31.6 Å². The van der Waals surface area contributed by atoms with Gasteiger partial charge in [0.2, 0.25) is 0 Å². The van der Waals surface area contributed by atoms with Crippen molar-refractivity contribution < 1.29 is 23.8 Å². The second-order valence-electron chi connectivity index (χ2n) is 9.98. The van der Waals surface area contributed by atoms with Crippen LogP contribution in [-0.4, -0.2) is 50.6 Å². The van der Waals surface area contributed by atoms with Crippen LogP contribution in [0.25, 0.3) is 0 Å². The van der Waals surface area contributed by atoms with Crippen LogP contribution in [0, 0.1) is 5.92 Å². The van der Waals surface area contributed by atoms with Gasteiger partial charge in [-0.25, -0.2) is 0 Å². The van der Waals surface area contributed by atoms with Crippen LogP contribution >= 0.6 is 0 Å². The van der Waals surface area contributed by atoms with E-state index in [1.54, 1.807) is 0 Å². The van der Waals surface area contributed by atoms with E-state index in [9.17, 15) is 9.59 Å². The summed E-state index contributed by atoms with van der Waals surface area (Å²) in [5, 5.41) is 2.60. The normalized spacial score (nSPS) is 17.9. The predicted molar refractivity (Wildman–Crippen MR) is 136 cm³/mol. The smallest absolute Gasteiger partial charge is 0.309 e. The zero-order valence-corrected chi connectivity index (χ0v) is 22.0. The van der Waals surface area contributed by atoms with Crippen LogP contribution in [0.3, 0.4) is 0 Å². The summed E-state index contributed by atoms with van der Waals surface area (Å²) in [6.07, 6.45) is 20.1. The molecular weight excluding hydrogens is 432 g/mol. The van der Waals surface area contributed by atoms with Gasteiger partial charge < -0.3 is 25.3 Å². The Balaban J connectivity index is 2.07. The highest BCUT2D eigenvalue weighted by Gasteiger charge is 2.20. The number of hydrogen-bond donors (Lipinski definition) is 2. The van der Waals surface area contributed by atoms with Gasteiger partial charge in [-0.1, -0.05) is 90.9 Å². The average molecular weight is 485 g/mol. The highest BCUT2D eigenvalue weighted by atomic mass is 16.7. The second-order valence-corrected chi connectivity index (χ2v) is 9.98. The zero-order chi connectivity index (χ0) is 24.9. The largest absolute Gasteiger partial charge is 0.379 e. The fourth-order valence-corrected chi connectivity index (χ4v) is 4.28. The van der Waals surface area contributed by atoms with Crippen molar-refractivity contribution in [3.8, 4) is 0 Å². The van der Waals surface area contributed by atoms with Crippen LogP contribution in [0.15, 0.2) is 0 Å². The third-order valence-electron chi connectivity index (χ3n) is 6.45. The van der Waals surface area contributed by atoms with Gasteiger partial charge in [0.05, 0.1) is 19.3 Å². The number of ether oxygens (including phenoxy) is 3. The van der Waals surface area contributed by atoms with Gasteiger partial charge in [0.25, 0.3) is 0 Å². The monoisotopic (exact) mass is 484 g/mol. The Labute approximate surface area is 208 Å². The van der Waals surface area contributed by atoms with Crippen LogP contribution in [-0.2, 0) is 23.8 Å². The van der Waals surface area contributed by atoms with Crippen molar-refractivity contribution in [2.75, 3.05) is 26.4 Å². The number of primary amides is 1. The number of rotatable bonds is 21. The molecule has 0 saturated carbocycles. The molecule has 1 rings (SSSR count). The fraction of sp³-hybridized carbons (Fsp3) is 0.926. The number of hydrogen-bond acceptors (Lipinski definition) is 5. The molecule has 0 aromatic rings. The minimum Gasteiger partial charge on any atom is -0.379 e. The van der Waals surface area contributed by atoms with Crippen molar-refractivity contribution in [2.45, 2.75) is 129 Å². The molecule has 0 aromatic carbocycles. The number of nitrogens with two attached hydrogens (primary N) is 1. The first-order chi connectivity index (χ1) is 16.5. The van der Waals surface area contributed by atoms with E-state index < -0.39 is 17.9 Å². The number of unbranched alkanes of at least 4 members (excludes halogenated alkanes) is 11. The second kappa shape index (κ2) is 21.1. The van der Waals surface area contributed by atoms with Gasteiger partial charge >= 0.3 is 11.8 Å². The van der Waals surface area contributed by atoms with Gasteiger partial charge in [-0.3, -0.25) is 9.59 Å². The molecule has 1 aliphatic rings. The summed E-state index contributed by atoms with van der Waals surface area (Å²) in [5.41, 5.74) is 5.08. The average Bonchev–Trinajstić information content (AvgIpc) is 2.83. The molecule has 0 spiro atoms. The van der Waals surface area contributed by atoms with Crippen LogP contribution in [0.1, 0.15) is 117 Å². The Morgan fingerprint density at radius 2 is 1.53 bits per heavy atom. The fourth-order valence-electron chi connectivity index (χ4n) is 4.28. The molecule has 0 radical (unpaired) electrons. The summed E-state index contributed by atoms with van der Waals surface area (Å²) in [4.78, 5) is 22.8. The molecule has 1 saturated heterocycles. The Morgan fingerprint density at radius 1 is 0.912 bits per heavy atom. The molecule has 7 heteroatoms. The molecule has 2 amide bonds. The predicted octanol–water partition coefficient (Wildman–Crippen LogP) is 5.24. The minimum absolute atomic E-state index is 0.233. The summed E-state index contributed by atoms with van der Waals surface area (Å²) in [5.74, 6) is -1.36. The zero-order valence-electron chi connectivity index (χ0n) is 22.0. The van der Waals surface area contributed by atoms with Gasteiger partial charge in [-0.15, -0.1) is 0 Å². The Bertz CT molecular complexity index is 511. The first-order valence-corrected chi connectivity index (χ1v) is 13.9. The van der Waals surface area contributed by atoms with Gasteiger partial charge in [0, 0.05) is 13.2 Å². The first kappa shape index (κ1) is 30.9. The molecule has 3 atom stereocenters. The van der Waals surface area contributed by atoms with Crippen molar-refractivity contribution in [1.29, 1.82) is 0 Å². The van der Waals surface area contributed by atoms with Crippen LogP contribution in [0.4, 0.5) is 0 Å². The lowest BCUT2D eigenvalue weighted by Gasteiger charge is -2.26. The van der Waals surface area contributed by atoms with Crippen molar-refractivity contribution >= 4 is 11.8 Å². The van der Waals surface area contributed by atoms with E-state index in [4.69, 9.17) is 19.9 Å². The van der Waals surface area contributed by atoms with Crippen LogP contribution in [0.2, 0.25) is 0 Å². The Kier molecular flexibility index (Phi) is 19.2. The Morgan fingerprint density at radius 3 is 2.09 bits per heavy atom. The number of carbonyl (C=O) groups is 2. The highest BCUT2D eigenvalue weighted by molar-refractivity contribution is 6.34. The third kappa shape index (κ3) is 17.3. The summed E-state index contributed by atoms with van der Waals surface area (Å²) in [6.45, 7) is 6.30. The molecule has 0 bridgehead atoms. The maximum atomic E-state index is 11.7. The highest BCUT2D eigenvalue weighted by Crippen LogP contribution is 2.16. The lowest BCUT2D eigenvalue weighted by atomic mass is 10.0. The maximum Gasteiger partial charge on any atom is 0.309 e. The summed E-state index contributed by atoms with van der Waals surface area (Å²) in [6, 6.07) is -0.427. The van der Waals surface area contributed by atoms with Crippen molar-refractivity contribution in [3.63, 3.8) is 0 Å². The Hall–Kier alpha value is -1.18. The van der Waals surface area contributed by atoms with E-state index in [0.717, 1.165) is 25.7 Å². The minimum atomic E-state index is -1.00. The quantitative estimate of drug-likeness (QED) is 0.171. The molecular formula is C27H52N2O5. The summed E-state index contributed by atoms with van der Waals surface area (Å²) < 4.78 is 17.2. The third-order valence-corrected chi connectivity index (χ3v) is 6.45. The van der Waals surface area contributed by atoms with Crippen LogP contribution in [0.5, 0.6) is 0 Å². The molecule has 0 aromatic heterocycles.